The minimum atomic E-state index is -0.0501. The number of likely N-dealkylation sites (tertiary alicyclic amines) is 1. The molecule has 0 spiro atoms. The van der Waals surface area contributed by atoms with Crippen molar-refractivity contribution in [3.63, 3.8) is 0 Å². The van der Waals surface area contributed by atoms with Gasteiger partial charge in [0, 0.05) is 31.8 Å². The highest BCUT2D eigenvalue weighted by molar-refractivity contribution is 5.86. The quantitative estimate of drug-likeness (QED) is 0.767. The number of hydrogen-bond acceptors (Lipinski definition) is 3. The largest absolute Gasteiger partial charge is 0.472 e. The Morgan fingerprint density at radius 3 is 2.89 bits per heavy atom. The fourth-order valence-corrected chi connectivity index (χ4v) is 3.43. The van der Waals surface area contributed by atoms with Gasteiger partial charge in [0.05, 0.1) is 6.54 Å². The van der Waals surface area contributed by atoms with Crippen molar-refractivity contribution in [1.82, 2.24) is 15.2 Å². The molecule has 2 amide bonds. The molecule has 5 nitrogen and oxygen atoms in total. The van der Waals surface area contributed by atoms with E-state index in [0.717, 1.165) is 17.5 Å². The summed E-state index contributed by atoms with van der Waals surface area (Å²) in [5, 5.41) is 5.40. The second-order valence-electron chi connectivity index (χ2n) is 6.95. The van der Waals surface area contributed by atoms with Crippen LogP contribution in [0.4, 0.5) is 4.79 Å². The van der Waals surface area contributed by atoms with Gasteiger partial charge in [0.2, 0.25) is 5.88 Å². The van der Waals surface area contributed by atoms with E-state index in [2.05, 4.69) is 34.6 Å². The number of amides is 2. The van der Waals surface area contributed by atoms with E-state index in [-0.39, 0.29) is 12.1 Å². The average molecular weight is 361 g/mol. The Morgan fingerprint density at radius 2 is 2.04 bits per heavy atom. The standard InChI is InChI=1S/C22H23N3O2/c1-16-9-10-21(23-13-16)27-19-11-12-25(15-19)22(26)24-14-18-7-4-6-17-5-2-3-8-20(17)18/h2-10,13,19H,11-12,14-15H2,1H3,(H,24,26). The monoisotopic (exact) mass is 361 g/mol. The molecule has 5 heteroatoms. The molecule has 0 aliphatic carbocycles. The van der Waals surface area contributed by atoms with Crippen molar-refractivity contribution < 1.29 is 9.53 Å². The second-order valence-corrected chi connectivity index (χ2v) is 6.95. The van der Waals surface area contributed by atoms with Crippen LogP contribution in [0.1, 0.15) is 17.5 Å². The highest BCUT2D eigenvalue weighted by Crippen LogP contribution is 2.19. The first-order valence-corrected chi connectivity index (χ1v) is 9.28. The maximum atomic E-state index is 12.5. The molecule has 1 atom stereocenters. The summed E-state index contributed by atoms with van der Waals surface area (Å²) in [5.74, 6) is 0.614. The maximum absolute atomic E-state index is 12.5. The fourth-order valence-electron chi connectivity index (χ4n) is 3.43. The number of carbonyl (C=O) groups excluding carboxylic acids is 1. The third-order valence-corrected chi connectivity index (χ3v) is 4.91. The summed E-state index contributed by atoms with van der Waals surface area (Å²) in [5.41, 5.74) is 2.22. The van der Waals surface area contributed by atoms with Crippen molar-refractivity contribution >= 4 is 16.8 Å². The number of aromatic nitrogens is 1. The van der Waals surface area contributed by atoms with Gasteiger partial charge in [-0.05, 0) is 28.8 Å². The van der Waals surface area contributed by atoms with Crippen LogP contribution in [0, 0.1) is 6.92 Å². The van der Waals surface area contributed by atoms with E-state index in [9.17, 15) is 4.79 Å². The molecule has 1 aliphatic heterocycles. The number of benzene rings is 2. The topological polar surface area (TPSA) is 54.5 Å². The molecule has 0 radical (unpaired) electrons. The molecule has 1 unspecified atom stereocenters. The van der Waals surface area contributed by atoms with Crippen molar-refractivity contribution in [3.05, 3.63) is 71.9 Å². The van der Waals surface area contributed by atoms with Gasteiger partial charge in [0.15, 0.2) is 0 Å². The number of ether oxygens (including phenoxy) is 1. The minimum absolute atomic E-state index is 0.0106. The molecule has 27 heavy (non-hydrogen) atoms. The predicted molar refractivity (Wildman–Crippen MR) is 106 cm³/mol. The fraction of sp³-hybridized carbons (Fsp3) is 0.273. The molecular formula is C22H23N3O2. The lowest BCUT2D eigenvalue weighted by atomic mass is 10.0. The van der Waals surface area contributed by atoms with Crippen LogP contribution < -0.4 is 10.1 Å². The van der Waals surface area contributed by atoms with Crippen molar-refractivity contribution in [1.29, 1.82) is 0 Å². The summed E-state index contributed by atoms with van der Waals surface area (Å²) >= 11 is 0. The molecule has 2 aromatic carbocycles. The van der Waals surface area contributed by atoms with Crippen LogP contribution in [0.3, 0.4) is 0 Å². The van der Waals surface area contributed by atoms with Gasteiger partial charge in [0.25, 0.3) is 0 Å². The number of nitrogens with zero attached hydrogens (tertiary/aromatic N) is 2. The molecule has 1 fully saturated rings. The number of urea groups is 1. The molecular weight excluding hydrogens is 338 g/mol. The molecule has 2 heterocycles. The maximum Gasteiger partial charge on any atom is 0.317 e. The summed E-state index contributed by atoms with van der Waals surface area (Å²) in [4.78, 5) is 18.6. The van der Waals surface area contributed by atoms with Gasteiger partial charge in [-0.2, -0.15) is 0 Å². The second kappa shape index (κ2) is 7.66. The normalized spacial score (nSPS) is 16.5. The van der Waals surface area contributed by atoms with Crippen LogP contribution in [0.25, 0.3) is 10.8 Å². The first-order chi connectivity index (χ1) is 13.2. The molecule has 1 aromatic heterocycles. The third kappa shape index (κ3) is 4.03. The van der Waals surface area contributed by atoms with Crippen LogP contribution in [-0.4, -0.2) is 35.1 Å². The van der Waals surface area contributed by atoms with E-state index >= 15 is 0 Å². The molecule has 4 rings (SSSR count). The number of aryl methyl sites for hydroxylation is 1. The Kier molecular flexibility index (Phi) is 4.92. The van der Waals surface area contributed by atoms with E-state index in [0.29, 0.717) is 25.5 Å². The molecule has 0 saturated carbocycles. The lowest BCUT2D eigenvalue weighted by Gasteiger charge is -2.18. The highest BCUT2D eigenvalue weighted by atomic mass is 16.5. The zero-order valence-corrected chi connectivity index (χ0v) is 15.4. The van der Waals surface area contributed by atoms with Crippen LogP contribution in [0.2, 0.25) is 0 Å². The van der Waals surface area contributed by atoms with Crippen molar-refractivity contribution in [2.45, 2.75) is 26.0 Å². The van der Waals surface area contributed by atoms with Gasteiger partial charge >= 0.3 is 6.03 Å². The van der Waals surface area contributed by atoms with Gasteiger partial charge in [-0.15, -0.1) is 0 Å². The Balaban J connectivity index is 1.33. The van der Waals surface area contributed by atoms with Crippen LogP contribution in [0.5, 0.6) is 5.88 Å². The Hall–Kier alpha value is -3.08. The van der Waals surface area contributed by atoms with Crippen molar-refractivity contribution in [2.75, 3.05) is 13.1 Å². The molecule has 0 bridgehead atoms. The number of carbonyl (C=O) groups is 1. The van der Waals surface area contributed by atoms with Gasteiger partial charge in [0.1, 0.15) is 6.10 Å². The lowest BCUT2D eigenvalue weighted by Crippen LogP contribution is -2.39. The summed E-state index contributed by atoms with van der Waals surface area (Å²) in [6, 6.07) is 18.2. The third-order valence-electron chi connectivity index (χ3n) is 4.91. The molecule has 3 aromatic rings. The molecule has 1 N–H and O–H groups in total. The van der Waals surface area contributed by atoms with Crippen LogP contribution in [-0.2, 0) is 6.54 Å². The SMILES string of the molecule is Cc1ccc(OC2CCN(C(=O)NCc3cccc4ccccc34)C2)nc1. The Bertz CT molecular complexity index is 934. The number of fused-ring (bicyclic) bond motifs is 1. The average Bonchev–Trinajstić information content (AvgIpc) is 3.16. The smallest absolute Gasteiger partial charge is 0.317 e. The molecule has 138 valence electrons. The zero-order valence-electron chi connectivity index (χ0n) is 15.4. The summed E-state index contributed by atoms with van der Waals surface area (Å²) < 4.78 is 5.90. The Labute approximate surface area is 159 Å². The highest BCUT2D eigenvalue weighted by Gasteiger charge is 2.27. The van der Waals surface area contributed by atoms with E-state index < -0.39 is 0 Å². The predicted octanol–water partition coefficient (Wildman–Crippen LogP) is 3.91. The molecule has 1 saturated heterocycles. The lowest BCUT2D eigenvalue weighted by molar-refractivity contribution is 0.183. The molecule has 1 aliphatic rings. The van der Waals surface area contributed by atoms with Crippen molar-refractivity contribution in [3.8, 4) is 5.88 Å². The van der Waals surface area contributed by atoms with E-state index in [1.807, 2.05) is 42.2 Å². The Morgan fingerprint density at radius 1 is 1.19 bits per heavy atom. The summed E-state index contributed by atoms with van der Waals surface area (Å²) in [7, 11) is 0. The van der Waals surface area contributed by atoms with E-state index in [4.69, 9.17) is 4.74 Å². The van der Waals surface area contributed by atoms with E-state index in [1.54, 1.807) is 6.20 Å². The first-order valence-electron chi connectivity index (χ1n) is 9.28. The zero-order chi connectivity index (χ0) is 18.6. The first kappa shape index (κ1) is 17.3. The van der Waals surface area contributed by atoms with Crippen LogP contribution in [0.15, 0.2) is 60.8 Å². The van der Waals surface area contributed by atoms with Crippen molar-refractivity contribution in [2.24, 2.45) is 0 Å². The minimum Gasteiger partial charge on any atom is -0.472 e. The number of pyridine rings is 1. The van der Waals surface area contributed by atoms with Gasteiger partial charge in [-0.3, -0.25) is 0 Å². The van der Waals surface area contributed by atoms with Crippen LogP contribution >= 0.6 is 0 Å². The number of nitrogens with one attached hydrogen (secondary N) is 1. The summed E-state index contributed by atoms with van der Waals surface area (Å²) in [6.07, 6.45) is 2.60. The van der Waals surface area contributed by atoms with Gasteiger partial charge in [-0.25, -0.2) is 9.78 Å². The van der Waals surface area contributed by atoms with E-state index in [1.165, 1.54) is 10.8 Å². The number of rotatable bonds is 4. The van der Waals surface area contributed by atoms with Gasteiger partial charge < -0.3 is 15.0 Å². The summed E-state index contributed by atoms with van der Waals surface area (Å²) in [6.45, 7) is 3.78. The number of hydrogen-bond donors (Lipinski definition) is 1. The van der Waals surface area contributed by atoms with Gasteiger partial charge in [-0.1, -0.05) is 48.5 Å².